The van der Waals surface area contributed by atoms with Gasteiger partial charge in [-0.15, -0.1) is 0 Å². The number of hydrogen-bond acceptors (Lipinski definition) is 3. The fourth-order valence-corrected chi connectivity index (χ4v) is 4.02. The van der Waals surface area contributed by atoms with E-state index in [1.807, 2.05) is 48.5 Å². The van der Waals surface area contributed by atoms with Crippen LogP contribution in [0.5, 0.6) is 11.5 Å². The summed E-state index contributed by atoms with van der Waals surface area (Å²) in [5.41, 5.74) is 4.73. The summed E-state index contributed by atoms with van der Waals surface area (Å²) in [6, 6.07) is 21.1. The van der Waals surface area contributed by atoms with Crippen LogP contribution in [0.4, 0.5) is 0 Å². The van der Waals surface area contributed by atoms with Crippen LogP contribution in [0.1, 0.15) is 24.8 Å². The Morgan fingerprint density at radius 2 is 1.22 bits per heavy atom. The lowest BCUT2D eigenvalue weighted by Crippen LogP contribution is -2.29. The van der Waals surface area contributed by atoms with Gasteiger partial charge in [0.15, 0.2) is 0 Å². The molecule has 0 aromatic heterocycles. The molecule has 0 radical (unpaired) electrons. The third-order valence-electron chi connectivity index (χ3n) is 5.36. The molecule has 1 aliphatic heterocycles. The van der Waals surface area contributed by atoms with E-state index >= 15 is 0 Å². The Bertz CT molecular complexity index is 929. The maximum absolute atomic E-state index is 10.6. The molecule has 3 nitrogen and oxygen atoms in total. The largest absolute Gasteiger partial charge is 0.507 e. The summed E-state index contributed by atoms with van der Waals surface area (Å²) in [5.74, 6) is 0.518. The number of para-hydroxylation sites is 2. The number of benzene rings is 3. The second-order valence-corrected chi connectivity index (χ2v) is 7.21. The highest BCUT2D eigenvalue weighted by molar-refractivity contribution is 5.89. The normalized spacial score (nSPS) is 15.0. The standard InChI is InChI=1S/C24H25NO2/c26-22-13-4-2-10-19(22)20-12-8-9-18(17-25-15-6-1-7-16-25)24(20)21-11-3-5-14-23(21)27/h2-5,8-14,26-27H,1,6-7,15-17H2. The highest BCUT2D eigenvalue weighted by Gasteiger charge is 2.19. The molecule has 0 aliphatic carbocycles. The zero-order valence-electron chi connectivity index (χ0n) is 15.4. The van der Waals surface area contributed by atoms with Gasteiger partial charge in [0, 0.05) is 17.7 Å². The lowest BCUT2D eigenvalue weighted by molar-refractivity contribution is 0.221. The van der Waals surface area contributed by atoms with E-state index in [0.29, 0.717) is 0 Å². The van der Waals surface area contributed by atoms with Gasteiger partial charge in [0.2, 0.25) is 0 Å². The van der Waals surface area contributed by atoms with Gasteiger partial charge in [-0.2, -0.15) is 0 Å². The van der Waals surface area contributed by atoms with E-state index < -0.39 is 0 Å². The summed E-state index contributed by atoms with van der Waals surface area (Å²) in [6.07, 6.45) is 3.79. The minimum Gasteiger partial charge on any atom is -0.507 e. The van der Waals surface area contributed by atoms with Crippen molar-refractivity contribution in [1.29, 1.82) is 0 Å². The summed E-state index contributed by atoms with van der Waals surface area (Å²) in [5, 5.41) is 21.0. The molecule has 0 atom stereocenters. The van der Waals surface area contributed by atoms with Crippen LogP contribution in [0.3, 0.4) is 0 Å². The van der Waals surface area contributed by atoms with Crippen molar-refractivity contribution in [2.75, 3.05) is 13.1 Å². The van der Waals surface area contributed by atoms with Gasteiger partial charge in [-0.1, -0.05) is 61.0 Å². The molecule has 3 aromatic rings. The van der Waals surface area contributed by atoms with Gasteiger partial charge >= 0.3 is 0 Å². The summed E-state index contributed by atoms with van der Waals surface area (Å²) in [6.45, 7) is 3.08. The fourth-order valence-electron chi connectivity index (χ4n) is 4.02. The van der Waals surface area contributed by atoms with Crippen LogP contribution in [0.2, 0.25) is 0 Å². The van der Waals surface area contributed by atoms with E-state index in [4.69, 9.17) is 0 Å². The quantitative estimate of drug-likeness (QED) is 0.654. The highest BCUT2D eigenvalue weighted by Crippen LogP contribution is 2.42. The van der Waals surface area contributed by atoms with Gasteiger partial charge in [0.05, 0.1) is 0 Å². The fraction of sp³-hybridized carbons (Fsp3) is 0.250. The third kappa shape index (κ3) is 3.69. The number of hydrogen-bond donors (Lipinski definition) is 2. The van der Waals surface area contributed by atoms with Crippen molar-refractivity contribution in [2.45, 2.75) is 25.8 Å². The number of rotatable bonds is 4. The second-order valence-electron chi connectivity index (χ2n) is 7.21. The summed E-state index contributed by atoms with van der Waals surface area (Å²) in [4.78, 5) is 2.48. The molecule has 0 unspecified atom stereocenters. The van der Waals surface area contributed by atoms with Crippen LogP contribution >= 0.6 is 0 Å². The Hall–Kier alpha value is -2.78. The molecular weight excluding hydrogens is 334 g/mol. The predicted octanol–water partition coefficient (Wildman–Crippen LogP) is 5.42. The molecular formula is C24H25NO2. The third-order valence-corrected chi connectivity index (χ3v) is 5.36. The lowest BCUT2D eigenvalue weighted by Gasteiger charge is -2.28. The molecule has 0 amide bonds. The first kappa shape index (κ1) is 17.6. The first-order valence-corrected chi connectivity index (χ1v) is 9.65. The number of nitrogens with zero attached hydrogens (tertiary/aromatic N) is 1. The summed E-state index contributed by atoms with van der Waals surface area (Å²) < 4.78 is 0. The van der Waals surface area contributed by atoms with Crippen molar-refractivity contribution < 1.29 is 10.2 Å². The van der Waals surface area contributed by atoms with Crippen LogP contribution < -0.4 is 0 Å². The second kappa shape index (κ2) is 7.85. The molecule has 2 N–H and O–H groups in total. The van der Waals surface area contributed by atoms with Gasteiger partial charge in [0.1, 0.15) is 11.5 Å². The van der Waals surface area contributed by atoms with E-state index in [1.54, 1.807) is 12.1 Å². The van der Waals surface area contributed by atoms with Crippen LogP contribution in [-0.4, -0.2) is 28.2 Å². The van der Waals surface area contributed by atoms with E-state index in [0.717, 1.165) is 41.9 Å². The Morgan fingerprint density at radius 3 is 1.89 bits per heavy atom. The van der Waals surface area contributed by atoms with Crippen molar-refractivity contribution in [2.24, 2.45) is 0 Å². The van der Waals surface area contributed by atoms with Crippen LogP contribution in [0, 0.1) is 0 Å². The van der Waals surface area contributed by atoms with Crippen molar-refractivity contribution in [3.05, 3.63) is 72.3 Å². The number of phenols is 2. The van der Waals surface area contributed by atoms with E-state index in [1.165, 1.54) is 24.8 Å². The van der Waals surface area contributed by atoms with Gasteiger partial charge in [-0.05, 0) is 54.8 Å². The molecule has 3 aromatic carbocycles. The Morgan fingerprint density at radius 1 is 0.630 bits per heavy atom. The van der Waals surface area contributed by atoms with E-state index in [9.17, 15) is 10.2 Å². The van der Waals surface area contributed by atoms with Gasteiger partial charge < -0.3 is 10.2 Å². The number of piperidine rings is 1. The molecule has 1 fully saturated rings. The minimum absolute atomic E-state index is 0.254. The summed E-state index contributed by atoms with van der Waals surface area (Å²) in [7, 11) is 0. The number of aromatic hydroxyl groups is 2. The molecule has 1 saturated heterocycles. The number of likely N-dealkylation sites (tertiary alicyclic amines) is 1. The van der Waals surface area contributed by atoms with Crippen LogP contribution in [-0.2, 0) is 6.54 Å². The van der Waals surface area contributed by atoms with Crippen molar-refractivity contribution in [3.8, 4) is 33.8 Å². The Balaban J connectivity index is 1.88. The van der Waals surface area contributed by atoms with Crippen LogP contribution in [0.25, 0.3) is 22.3 Å². The topological polar surface area (TPSA) is 43.7 Å². The minimum atomic E-state index is 0.254. The molecule has 0 spiro atoms. The van der Waals surface area contributed by atoms with Gasteiger partial charge in [-0.25, -0.2) is 0 Å². The molecule has 138 valence electrons. The molecule has 3 heteroatoms. The van der Waals surface area contributed by atoms with Gasteiger partial charge in [-0.3, -0.25) is 4.90 Å². The molecule has 0 saturated carbocycles. The zero-order chi connectivity index (χ0) is 18.6. The average Bonchev–Trinajstić information content (AvgIpc) is 2.70. The average molecular weight is 359 g/mol. The smallest absolute Gasteiger partial charge is 0.123 e. The first-order chi connectivity index (χ1) is 13.2. The molecule has 27 heavy (non-hydrogen) atoms. The monoisotopic (exact) mass is 359 g/mol. The van der Waals surface area contributed by atoms with Crippen molar-refractivity contribution >= 4 is 0 Å². The van der Waals surface area contributed by atoms with Crippen LogP contribution in [0.15, 0.2) is 66.7 Å². The molecule has 1 heterocycles. The van der Waals surface area contributed by atoms with Gasteiger partial charge in [0.25, 0.3) is 0 Å². The SMILES string of the molecule is Oc1ccccc1-c1cccc(CN2CCCCC2)c1-c1ccccc1O. The predicted molar refractivity (Wildman–Crippen MR) is 110 cm³/mol. The molecule has 4 rings (SSSR count). The number of phenolic OH excluding ortho intramolecular Hbond substituents is 2. The first-order valence-electron chi connectivity index (χ1n) is 9.65. The van der Waals surface area contributed by atoms with Crippen molar-refractivity contribution in [3.63, 3.8) is 0 Å². The Kier molecular flexibility index (Phi) is 5.12. The van der Waals surface area contributed by atoms with E-state index in [2.05, 4.69) is 11.0 Å². The highest BCUT2D eigenvalue weighted by atomic mass is 16.3. The zero-order valence-corrected chi connectivity index (χ0v) is 15.4. The van der Waals surface area contributed by atoms with Crippen molar-refractivity contribution in [1.82, 2.24) is 4.90 Å². The molecule has 0 bridgehead atoms. The maximum atomic E-state index is 10.6. The summed E-state index contributed by atoms with van der Waals surface area (Å²) >= 11 is 0. The lowest BCUT2D eigenvalue weighted by atomic mass is 9.89. The van der Waals surface area contributed by atoms with E-state index in [-0.39, 0.29) is 11.5 Å². The Labute approximate surface area is 160 Å². The molecule has 1 aliphatic rings. The maximum Gasteiger partial charge on any atom is 0.123 e.